The minimum atomic E-state index is -0.325. The van der Waals surface area contributed by atoms with Crippen LogP contribution >= 0.6 is 11.6 Å². The second-order valence-electron chi connectivity index (χ2n) is 2.93. The molecule has 0 bridgehead atoms. The number of ketones is 2. The van der Waals surface area contributed by atoms with Crippen molar-refractivity contribution in [1.82, 2.24) is 4.98 Å². The molecule has 0 saturated carbocycles. The number of aromatic nitrogens is 1. The number of ether oxygens (including phenoxy) is 1. The minimum Gasteiger partial charge on any atom is -0.377 e. The van der Waals surface area contributed by atoms with Crippen molar-refractivity contribution < 1.29 is 14.3 Å². The Balaban J connectivity index is 2.61. The lowest BCUT2D eigenvalue weighted by Gasteiger charge is -1.99. The van der Waals surface area contributed by atoms with Crippen molar-refractivity contribution in [2.45, 2.75) is 6.42 Å². The summed E-state index contributed by atoms with van der Waals surface area (Å²) < 4.78 is 4.62. The largest absolute Gasteiger partial charge is 0.377 e. The van der Waals surface area contributed by atoms with Gasteiger partial charge in [-0.25, -0.2) is 0 Å². The molecule has 0 saturated heterocycles. The predicted molar refractivity (Wildman–Crippen MR) is 55.1 cm³/mol. The normalized spacial score (nSPS) is 10.0. The van der Waals surface area contributed by atoms with E-state index >= 15 is 0 Å². The summed E-state index contributed by atoms with van der Waals surface area (Å²) >= 11 is 5.61. The third-order valence-corrected chi connectivity index (χ3v) is 1.90. The molecule has 0 unspecified atom stereocenters. The zero-order valence-electron chi connectivity index (χ0n) is 8.20. The highest BCUT2D eigenvalue weighted by Gasteiger charge is 2.12. The minimum absolute atomic E-state index is 0.0562. The van der Waals surface area contributed by atoms with E-state index in [-0.39, 0.29) is 30.3 Å². The van der Waals surface area contributed by atoms with E-state index < -0.39 is 0 Å². The van der Waals surface area contributed by atoms with E-state index in [0.717, 1.165) is 0 Å². The Kier molecular flexibility index (Phi) is 4.39. The molecule has 4 nitrogen and oxygen atoms in total. The summed E-state index contributed by atoms with van der Waals surface area (Å²) in [5.41, 5.74) is 0.240. The third-order valence-electron chi connectivity index (χ3n) is 1.68. The van der Waals surface area contributed by atoms with Gasteiger partial charge in [0.25, 0.3) is 0 Å². The molecule has 5 heteroatoms. The molecule has 1 aromatic rings. The van der Waals surface area contributed by atoms with Crippen LogP contribution in [-0.4, -0.2) is 30.3 Å². The van der Waals surface area contributed by atoms with Gasteiger partial charge in [-0.2, -0.15) is 0 Å². The molecule has 15 heavy (non-hydrogen) atoms. The van der Waals surface area contributed by atoms with E-state index in [1.54, 1.807) is 6.07 Å². The monoisotopic (exact) mass is 227 g/mol. The number of halogens is 1. The first-order chi connectivity index (χ1) is 7.13. The number of rotatable bonds is 5. The summed E-state index contributed by atoms with van der Waals surface area (Å²) in [7, 11) is 1.41. The standard InChI is InChI=1S/C10H10ClNO3/c1-15-6-8(13)4-10(14)9-3-2-7(11)5-12-9/h2-3,5H,4,6H2,1H3. The van der Waals surface area contributed by atoms with E-state index in [0.29, 0.717) is 5.02 Å². The molecule has 80 valence electrons. The summed E-state index contributed by atoms with van der Waals surface area (Å²) in [6.07, 6.45) is 1.18. The van der Waals surface area contributed by atoms with E-state index in [1.807, 2.05) is 0 Å². The molecule has 1 rings (SSSR count). The van der Waals surface area contributed by atoms with Gasteiger partial charge >= 0.3 is 0 Å². The fourth-order valence-corrected chi connectivity index (χ4v) is 1.13. The average molecular weight is 228 g/mol. The summed E-state index contributed by atoms with van der Waals surface area (Å²) in [5, 5.41) is 0.453. The topological polar surface area (TPSA) is 56.3 Å². The molecule has 0 N–H and O–H groups in total. The maximum Gasteiger partial charge on any atom is 0.188 e. The Labute approximate surface area is 92.2 Å². The van der Waals surface area contributed by atoms with Crippen LogP contribution in [0.3, 0.4) is 0 Å². The number of Topliss-reactive ketones (excluding diaryl/α,β-unsaturated/α-hetero) is 2. The molecule has 1 heterocycles. The van der Waals surface area contributed by atoms with Gasteiger partial charge < -0.3 is 4.74 Å². The highest BCUT2D eigenvalue weighted by Crippen LogP contribution is 2.07. The summed E-state index contributed by atoms with van der Waals surface area (Å²) in [6, 6.07) is 3.05. The number of methoxy groups -OCH3 is 1. The molecule has 0 aliphatic carbocycles. The molecule has 0 spiro atoms. The van der Waals surface area contributed by atoms with Crippen LogP contribution in [0.15, 0.2) is 18.3 Å². The van der Waals surface area contributed by atoms with Gasteiger partial charge in [0.2, 0.25) is 0 Å². The van der Waals surface area contributed by atoms with E-state index in [9.17, 15) is 9.59 Å². The van der Waals surface area contributed by atoms with Crippen LogP contribution in [0.2, 0.25) is 5.02 Å². The first-order valence-corrected chi connectivity index (χ1v) is 4.66. The second kappa shape index (κ2) is 5.58. The fourth-order valence-electron chi connectivity index (χ4n) is 1.02. The molecule has 0 aliphatic heterocycles. The van der Waals surface area contributed by atoms with Crippen molar-refractivity contribution >= 4 is 23.2 Å². The highest BCUT2D eigenvalue weighted by molar-refractivity contribution is 6.30. The first-order valence-electron chi connectivity index (χ1n) is 4.29. The van der Waals surface area contributed by atoms with Gasteiger partial charge in [0.05, 0.1) is 11.4 Å². The molecule has 0 amide bonds. The van der Waals surface area contributed by atoms with Crippen LogP contribution in [0.25, 0.3) is 0 Å². The van der Waals surface area contributed by atoms with Gasteiger partial charge in [-0.1, -0.05) is 11.6 Å². The van der Waals surface area contributed by atoms with Crippen LogP contribution in [-0.2, 0) is 9.53 Å². The number of hydrogen-bond acceptors (Lipinski definition) is 4. The fraction of sp³-hybridized carbons (Fsp3) is 0.300. The van der Waals surface area contributed by atoms with Crippen molar-refractivity contribution in [3.05, 3.63) is 29.0 Å². The second-order valence-corrected chi connectivity index (χ2v) is 3.37. The van der Waals surface area contributed by atoms with Crippen molar-refractivity contribution in [1.29, 1.82) is 0 Å². The highest BCUT2D eigenvalue weighted by atomic mass is 35.5. The van der Waals surface area contributed by atoms with Gasteiger partial charge in [-0.3, -0.25) is 14.6 Å². The van der Waals surface area contributed by atoms with E-state index in [2.05, 4.69) is 9.72 Å². The quantitative estimate of drug-likeness (QED) is 0.565. The van der Waals surface area contributed by atoms with Crippen molar-refractivity contribution in [2.24, 2.45) is 0 Å². The third kappa shape index (κ3) is 3.77. The molecular formula is C10H10ClNO3. The lowest BCUT2D eigenvalue weighted by molar-refractivity contribution is -0.121. The van der Waals surface area contributed by atoms with Crippen LogP contribution in [0.1, 0.15) is 16.9 Å². The molecule has 0 aromatic carbocycles. The molecular weight excluding hydrogens is 218 g/mol. The van der Waals surface area contributed by atoms with Crippen LogP contribution < -0.4 is 0 Å². The average Bonchev–Trinajstić information content (AvgIpc) is 2.18. The first kappa shape index (κ1) is 11.8. The van der Waals surface area contributed by atoms with Crippen molar-refractivity contribution in [3.8, 4) is 0 Å². The number of carbonyl (C=O) groups is 2. The molecule has 0 aliphatic rings. The summed E-state index contributed by atoms with van der Waals surface area (Å²) in [6.45, 7) is -0.0562. The summed E-state index contributed by atoms with van der Waals surface area (Å²) in [5.74, 6) is -0.590. The number of carbonyl (C=O) groups excluding carboxylic acids is 2. The van der Waals surface area contributed by atoms with Gasteiger partial charge in [0, 0.05) is 13.3 Å². The predicted octanol–water partition coefficient (Wildman–Crippen LogP) is 1.52. The van der Waals surface area contributed by atoms with E-state index in [4.69, 9.17) is 11.6 Å². The Morgan fingerprint density at radius 1 is 1.47 bits per heavy atom. The number of nitrogens with zero attached hydrogens (tertiary/aromatic N) is 1. The van der Waals surface area contributed by atoms with Gasteiger partial charge in [-0.05, 0) is 12.1 Å². The van der Waals surface area contributed by atoms with Crippen LogP contribution in [0.5, 0.6) is 0 Å². The van der Waals surface area contributed by atoms with Crippen LogP contribution in [0, 0.1) is 0 Å². The Morgan fingerprint density at radius 3 is 2.73 bits per heavy atom. The smallest absolute Gasteiger partial charge is 0.188 e. The van der Waals surface area contributed by atoms with E-state index in [1.165, 1.54) is 19.4 Å². The SMILES string of the molecule is COCC(=O)CC(=O)c1ccc(Cl)cn1. The van der Waals surface area contributed by atoms with Crippen molar-refractivity contribution in [2.75, 3.05) is 13.7 Å². The Bertz CT molecular complexity index is 361. The maximum atomic E-state index is 11.5. The zero-order valence-corrected chi connectivity index (χ0v) is 8.95. The number of pyridine rings is 1. The molecule has 0 radical (unpaired) electrons. The zero-order chi connectivity index (χ0) is 11.3. The molecule has 0 atom stereocenters. The van der Waals surface area contributed by atoms with Crippen molar-refractivity contribution in [3.63, 3.8) is 0 Å². The Morgan fingerprint density at radius 2 is 2.20 bits per heavy atom. The lowest BCUT2D eigenvalue weighted by Crippen LogP contribution is -2.13. The molecule has 1 aromatic heterocycles. The van der Waals surface area contributed by atoms with Gasteiger partial charge in [0.15, 0.2) is 11.6 Å². The Hall–Kier alpha value is -1.26. The van der Waals surface area contributed by atoms with Crippen LogP contribution in [0.4, 0.5) is 0 Å². The molecule has 0 fully saturated rings. The van der Waals surface area contributed by atoms with Gasteiger partial charge in [0.1, 0.15) is 12.3 Å². The lowest BCUT2D eigenvalue weighted by atomic mass is 10.1. The summed E-state index contributed by atoms with van der Waals surface area (Å²) in [4.78, 5) is 26.4. The van der Waals surface area contributed by atoms with Gasteiger partial charge in [-0.15, -0.1) is 0 Å². The number of hydrogen-bond donors (Lipinski definition) is 0. The maximum absolute atomic E-state index is 11.5.